The normalized spacial score (nSPS) is 10.8. The van der Waals surface area contributed by atoms with Gasteiger partial charge in [0.05, 0.1) is 51.1 Å². The van der Waals surface area contributed by atoms with E-state index in [4.69, 9.17) is 0 Å². The fourth-order valence-electron chi connectivity index (χ4n) is 4.56. The first-order valence-corrected chi connectivity index (χ1v) is 12.6. The summed E-state index contributed by atoms with van der Waals surface area (Å²) in [5, 5.41) is 21.6. The molecule has 39 heavy (non-hydrogen) atoms. The monoisotopic (exact) mass is 680 g/mol. The molecule has 2 rings (SSSR count). The number of halogens is 2. The van der Waals surface area contributed by atoms with E-state index in [1.54, 1.807) is 24.3 Å². The molecule has 0 bridgehead atoms. The first kappa shape index (κ1) is 41.5. The summed E-state index contributed by atoms with van der Waals surface area (Å²) in [6.07, 6.45) is 8.66. The van der Waals surface area contributed by atoms with E-state index in [1.807, 2.05) is 24.3 Å². The minimum atomic E-state index is -0.355. The maximum atomic E-state index is 10.8. The van der Waals surface area contributed by atoms with Crippen molar-refractivity contribution in [3.8, 4) is 0 Å². The van der Waals surface area contributed by atoms with Crippen LogP contribution in [0.4, 0.5) is 11.4 Å². The average molecular weight is 682 g/mol. The smallest absolute Gasteiger partial charge is 0.269 e. The van der Waals surface area contributed by atoms with E-state index < -0.39 is 0 Å². The van der Waals surface area contributed by atoms with Gasteiger partial charge in [0.1, 0.15) is 13.1 Å². The van der Waals surface area contributed by atoms with Crippen molar-refractivity contribution in [3.05, 3.63) is 79.9 Å². The molecule has 0 radical (unpaired) electrons. The lowest BCUT2D eigenvalue weighted by atomic mass is 10.1. The minimum absolute atomic E-state index is 0. The molecular weight excluding hydrogens is 636 g/mol. The molecule has 0 saturated heterocycles. The number of nitro groups is 2. The molecule has 0 atom stereocenters. The molecule has 2 aromatic rings. The lowest BCUT2D eigenvalue weighted by Gasteiger charge is -2.30. The molecule has 0 saturated carbocycles. The third-order valence-corrected chi connectivity index (χ3v) is 6.54. The van der Waals surface area contributed by atoms with Crippen LogP contribution in [0.3, 0.4) is 0 Å². The molecule has 0 aliphatic rings. The van der Waals surface area contributed by atoms with Crippen molar-refractivity contribution in [2.75, 3.05) is 41.3 Å². The zero-order chi connectivity index (χ0) is 25.9. The zero-order valence-electron chi connectivity index (χ0n) is 23.6. The molecule has 0 fully saturated rings. The Morgan fingerprint density at radius 1 is 0.538 bits per heavy atom. The fourth-order valence-corrected chi connectivity index (χ4v) is 4.56. The Hall–Kier alpha value is -1.96. The third-order valence-electron chi connectivity index (χ3n) is 6.54. The van der Waals surface area contributed by atoms with Crippen LogP contribution < -0.4 is 34.0 Å². The lowest BCUT2D eigenvalue weighted by Crippen LogP contribution is -3.00. The Morgan fingerprint density at radius 3 is 1.05 bits per heavy atom. The predicted octanol–water partition coefficient (Wildman–Crippen LogP) is -1.55. The van der Waals surface area contributed by atoms with Crippen molar-refractivity contribution in [3.63, 3.8) is 0 Å². The quantitative estimate of drug-likeness (QED) is 0.0912. The number of hydrogen-bond donors (Lipinski definition) is 0. The molecule has 12 heteroatoms. The maximum Gasteiger partial charge on any atom is 0.269 e. The van der Waals surface area contributed by atoms with E-state index in [0.29, 0.717) is 0 Å². The van der Waals surface area contributed by atoms with Crippen LogP contribution in [0.2, 0.25) is 0 Å². The van der Waals surface area contributed by atoms with Gasteiger partial charge in [-0.2, -0.15) is 0 Å². The van der Waals surface area contributed by atoms with Crippen molar-refractivity contribution < 1.29 is 63.7 Å². The van der Waals surface area contributed by atoms with Gasteiger partial charge in [-0.3, -0.25) is 20.2 Å². The average Bonchev–Trinajstić information content (AvgIpc) is 2.78. The van der Waals surface area contributed by atoms with Gasteiger partial charge >= 0.3 is 0 Å². The van der Waals surface area contributed by atoms with Gasteiger partial charge in [0, 0.05) is 35.4 Å². The first-order valence-electron chi connectivity index (χ1n) is 12.6. The van der Waals surface area contributed by atoms with Crippen LogP contribution in [0.1, 0.15) is 56.1 Å². The first-order chi connectivity index (χ1) is 16.5. The lowest BCUT2D eigenvalue weighted by molar-refractivity contribution is -0.903. The number of benzene rings is 2. The molecule has 0 heterocycles. The van der Waals surface area contributed by atoms with Crippen molar-refractivity contribution in [1.82, 2.24) is 0 Å². The number of non-ortho nitro benzene ring substituents is 2. The number of unbranched alkanes of at least 4 members (excludes halogenated alkanes) is 6. The summed E-state index contributed by atoms with van der Waals surface area (Å²) < 4.78 is 1.78. The van der Waals surface area contributed by atoms with Crippen LogP contribution in [-0.4, -0.2) is 71.0 Å². The second-order valence-electron chi connectivity index (χ2n) is 11.0. The SMILES string of the molecule is C[N+](C)(CCCCCCCCC[N+](C)(C)Cc1ccc([N+](=O)[O-])cc1)Cc1ccc([N+](=O)[O-])cc1.O.O.[Br-].[Br-]. The molecule has 0 unspecified atom stereocenters. The highest BCUT2D eigenvalue weighted by atomic mass is 79.9. The number of nitro benzene ring substituents is 2. The summed E-state index contributed by atoms with van der Waals surface area (Å²) in [6.45, 7) is 3.97. The van der Waals surface area contributed by atoms with E-state index in [2.05, 4.69) is 28.2 Å². The maximum absolute atomic E-state index is 10.8. The van der Waals surface area contributed by atoms with Crippen molar-refractivity contribution in [2.45, 2.75) is 58.0 Å². The van der Waals surface area contributed by atoms with Gasteiger partial charge in [-0.1, -0.05) is 19.3 Å². The minimum Gasteiger partial charge on any atom is -1.00 e. The number of nitrogens with zero attached hydrogens (tertiary/aromatic N) is 4. The highest BCUT2D eigenvalue weighted by Gasteiger charge is 2.17. The van der Waals surface area contributed by atoms with Gasteiger partial charge in [0.2, 0.25) is 0 Å². The van der Waals surface area contributed by atoms with Gasteiger partial charge in [-0.25, -0.2) is 0 Å². The summed E-state index contributed by atoms with van der Waals surface area (Å²) in [7, 11) is 8.88. The standard InChI is InChI=1S/C27H42N4O4.2BrH.2H2O/c1-30(2,22-24-12-16-26(17-13-24)28(32)33)20-10-8-6-5-7-9-11-21-31(3,4)23-25-14-18-27(19-15-25)29(34)35;;;;/h12-19H,5-11,20-23H2,1-4H3;2*1H;2*1H2/q+2;;;;/p-2. The molecule has 0 aliphatic carbocycles. The van der Waals surface area contributed by atoms with Crippen molar-refractivity contribution in [1.29, 1.82) is 0 Å². The highest BCUT2D eigenvalue weighted by molar-refractivity contribution is 5.33. The predicted molar refractivity (Wildman–Crippen MR) is 147 cm³/mol. The van der Waals surface area contributed by atoms with Crippen molar-refractivity contribution >= 4 is 11.4 Å². The number of rotatable bonds is 16. The number of hydrogen-bond acceptors (Lipinski definition) is 4. The molecule has 4 N–H and O–H groups in total. The summed E-state index contributed by atoms with van der Waals surface area (Å²) >= 11 is 0. The Labute approximate surface area is 253 Å². The van der Waals surface area contributed by atoms with E-state index >= 15 is 0 Å². The van der Waals surface area contributed by atoms with Crippen LogP contribution in [0.5, 0.6) is 0 Å². The summed E-state index contributed by atoms with van der Waals surface area (Å²) in [4.78, 5) is 20.9. The molecule has 0 aliphatic heterocycles. The molecular formula is C27H46Br2N4O6. The topological polar surface area (TPSA) is 149 Å². The van der Waals surface area contributed by atoms with Gasteiger partial charge in [-0.05, 0) is 49.9 Å². The van der Waals surface area contributed by atoms with Gasteiger partial charge < -0.3 is 53.9 Å². The second-order valence-corrected chi connectivity index (χ2v) is 11.0. The second kappa shape index (κ2) is 20.0. The summed E-state index contributed by atoms with van der Waals surface area (Å²) in [5.74, 6) is 0. The Balaban J connectivity index is -0.00000324. The van der Waals surface area contributed by atoms with Crippen LogP contribution in [0.25, 0.3) is 0 Å². The Bertz CT molecular complexity index is 880. The third kappa shape index (κ3) is 16.7. The molecule has 0 aromatic heterocycles. The fraction of sp³-hybridized carbons (Fsp3) is 0.556. The summed E-state index contributed by atoms with van der Waals surface area (Å²) in [5.41, 5.74) is 2.56. The molecule has 0 spiro atoms. The van der Waals surface area contributed by atoms with Crippen LogP contribution in [0, 0.1) is 20.2 Å². The van der Waals surface area contributed by atoms with Gasteiger partial charge in [0.25, 0.3) is 11.4 Å². The van der Waals surface area contributed by atoms with Crippen LogP contribution >= 0.6 is 0 Å². The van der Waals surface area contributed by atoms with E-state index in [1.165, 1.54) is 44.9 Å². The van der Waals surface area contributed by atoms with Gasteiger partial charge in [0.15, 0.2) is 0 Å². The Morgan fingerprint density at radius 2 is 0.795 bits per heavy atom. The molecule has 10 nitrogen and oxygen atoms in total. The van der Waals surface area contributed by atoms with Crippen molar-refractivity contribution in [2.24, 2.45) is 0 Å². The van der Waals surface area contributed by atoms with Gasteiger partial charge in [-0.15, -0.1) is 0 Å². The van der Waals surface area contributed by atoms with E-state index in [0.717, 1.165) is 46.3 Å². The molecule has 224 valence electrons. The van der Waals surface area contributed by atoms with Crippen LogP contribution in [0.15, 0.2) is 48.5 Å². The highest BCUT2D eigenvalue weighted by Crippen LogP contribution is 2.18. The van der Waals surface area contributed by atoms with E-state index in [-0.39, 0.29) is 66.1 Å². The number of quaternary nitrogens is 2. The Kier molecular flexibility index (Phi) is 21.3. The molecule has 0 amide bonds. The largest absolute Gasteiger partial charge is 1.00 e. The zero-order valence-corrected chi connectivity index (χ0v) is 26.7. The summed E-state index contributed by atoms with van der Waals surface area (Å²) in [6, 6.07) is 13.8. The molecule has 2 aromatic carbocycles. The van der Waals surface area contributed by atoms with Crippen LogP contribution in [-0.2, 0) is 13.1 Å². The van der Waals surface area contributed by atoms with E-state index in [9.17, 15) is 20.2 Å².